The number of aliphatic hydroxyl groups is 2. The molecule has 0 aliphatic carbocycles. The van der Waals surface area contributed by atoms with E-state index in [2.05, 4.69) is 4.74 Å². The van der Waals surface area contributed by atoms with Gasteiger partial charge < -0.3 is 14.9 Å². The van der Waals surface area contributed by atoms with Crippen LogP contribution in [0.2, 0.25) is 0 Å². The van der Waals surface area contributed by atoms with Gasteiger partial charge in [-0.1, -0.05) is 12.1 Å². The number of benzene rings is 1. The summed E-state index contributed by atoms with van der Waals surface area (Å²) in [5, 5.41) is 18.4. The van der Waals surface area contributed by atoms with Gasteiger partial charge in [0.15, 0.2) is 0 Å². The average molecular weight is 264 g/mol. The fraction of sp³-hybridized carbons (Fsp3) is 0.500. The van der Waals surface area contributed by atoms with Gasteiger partial charge in [0.2, 0.25) is 0 Å². The van der Waals surface area contributed by atoms with Gasteiger partial charge in [0.25, 0.3) is 0 Å². The molecule has 102 valence electrons. The van der Waals surface area contributed by atoms with Crippen molar-refractivity contribution in [3.8, 4) is 5.75 Å². The van der Waals surface area contributed by atoms with E-state index in [1.165, 1.54) is 25.1 Å². The smallest absolute Gasteiger partial charge is 0.406 e. The fourth-order valence-corrected chi connectivity index (χ4v) is 1.56. The lowest BCUT2D eigenvalue weighted by atomic mass is 9.95. The molecular formula is C12H15F3O3. The van der Waals surface area contributed by atoms with Gasteiger partial charge in [0, 0.05) is 12.5 Å². The van der Waals surface area contributed by atoms with Crippen LogP contribution in [0.3, 0.4) is 0 Å². The van der Waals surface area contributed by atoms with Crippen molar-refractivity contribution in [3.05, 3.63) is 29.8 Å². The van der Waals surface area contributed by atoms with Crippen LogP contribution in [-0.4, -0.2) is 29.3 Å². The Morgan fingerprint density at radius 1 is 1.33 bits per heavy atom. The van der Waals surface area contributed by atoms with Gasteiger partial charge in [0.05, 0.1) is 6.10 Å². The molecule has 2 atom stereocenters. The summed E-state index contributed by atoms with van der Waals surface area (Å²) >= 11 is 0. The van der Waals surface area contributed by atoms with Gasteiger partial charge in [-0.25, -0.2) is 0 Å². The van der Waals surface area contributed by atoms with E-state index in [-0.39, 0.29) is 18.8 Å². The van der Waals surface area contributed by atoms with Gasteiger partial charge in [-0.05, 0) is 31.0 Å². The lowest BCUT2D eigenvalue weighted by Gasteiger charge is -2.17. The second-order valence-electron chi connectivity index (χ2n) is 4.08. The maximum absolute atomic E-state index is 12.0. The van der Waals surface area contributed by atoms with Gasteiger partial charge in [-0.3, -0.25) is 0 Å². The first-order valence-electron chi connectivity index (χ1n) is 5.45. The predicted molar refractivity (Wildman–Crippen MR) is 59.1 cm³/mol. The molecule has 2 N–H and O–H groups in total. The molecule has 0 heterocycles. The van der Waals surface area contributed by atoms with Gasteiger partial charge in [0.1, 0.15) is 5.75 Å². The highest BCUT2D eigenvalue weighted by Gasteiger charge is 2.31. The minimum absolute atomic E-state index is 0.234. The quantitative estimate of drug-likeness (QED) is 0.856. The van der Waals surface area contributed by atoms with Crippen LogP contribution in [0.4, 0.5) is 13.2 Å². The maximum Gasteiger partial charge on any atom is 0.573 e. The van der Waals surface area contributed by atoms with E-state index < -0.39 is 18.4 Å². The molecule has 0 fully saturated rings. The predicted octanol–water partition coefficient (Wildman–Crippen LogP) is 2.12. The third-order valence-corrected chi connectivity index (χ3v) is 2.55. The Morgan fingerprint density at radius 2 is 2.00 bits per heavy atom. The van der Waals surface area contributed by atoms with Crippen molar-refractivity contribution in [2.24, 2.45) is 5.92 Å². The van der Waals surface area contributed by atoms with Crippen LogP contribution in [-0.2, 0) is 6.42 Å². The first-order valence-corrected chi connectivity index (χ1v) is 5.45. The fourth-order valence-electron chi connectivity index (χ4n) is 1.56. The van der Waals surface area contributed by atoms with Crippen LogP contribution in [0.25, 0.3) is 0 Å². The molecule has 1 aromatic carbocycles. The molecule has 18 heavy (non-hydrogen) atoms. The summed E-state index contributed by atoms with van der Waals surface area (Å²) in [6, 6.07) is 5.51. The van der Waals surface area contributed by atoms with Crippen molar-refractivity contribution in [1.82, 2.24) is 0 Å². The molecule has 0 aliphatic rings. The van der Waals surface area contributed by atoms with E-state index in [4.69, 9.17) is 5.11 Å². The van der Waals surface area contributed by atoms with Gasteiger partial charge in [-0.15, -0.1) is 13.2 Å². The van der Waals surface area contributed by atoms with E-state index in [1.807, 2.05) is 0 Å². The molecule has 0 radical (unpaired) electrons. The third kappa shape index (κ3) is 4.93. The van der Waals surface area contributed by atoms with E-state index in [9.17, 15) is 18.3 Å². The van der Waals surface area contributed by atoms with E-state index in [0.29, 0.717) is 5.56 Å². The van der Waals surface area contributed by atoms with Crippen molar-refractivity contribution >= 4 is 0 Å². The zero-order valence-electron chi connectivity index (χ0n) is 9.81. The van der Waals surface area contributed by atoms with Crippen LogP contribution in [0.15, 0.2) is 24.3 Å². The third-order valence-electron chi connectivity index (χ3n) is 2.55. The monoisotopic (exact) mass is 264 g/mol. The van der Waals surface area contributed by atoms with Crippen molar-refractivity contribution < 1.29 is 28.1 Å². The van der Waals surface area contributed by atoms with Crippen molar-refractivity contribution in [1.29, 1.82) is 0 Å². The Kier molecular flexibility index (Phi) is 4.98. The summed E-state index contributed by atoms with van der Waals surface area (Å²) < 4.78 is 39.9. The Labute approximate surface area is 103 Å². The normalized spacial score (nSPS) is 15.2. The van der Waals surface area contributed by atoms with Crippen molar-refractivity contribution in [2.75, 3.05) is 6.61 Å². The number of hydrogen-bond donors (Lipinski definition) is 2. The van der Waals surface area contributed by atoms with Crippen LogP contribution in [0, 0.1) is 5.92 Å². The summed E-state index contributed by atoms with van der Waals surface area (Å²) in [4.78, 5) is 0. The number of halogens is 3. The van der Waals surface area contributed by atoms with Crippen LogP contribution in [0.5, 0.6) is 5.75 Å². The molecule has 0 bridgehead atoms. The molecule has 0 aliphatic heterocycles. The first-order chi connectivity index (χ1) is 8.31. The van der Waals surface area contributed by atoms with Crippen LogP contribution >= 0.6 is 0 Å². The second-order valence-corrected chi connectivity index (χ2v) is 4.08. The lowest BCUT2D eigenvalue weighted by molar-refractivity contribution is -0.274. The summed E-state index contributed by atoms with van der Waals surface area (Å²) in [7, 11) is 0. The second kappa shape index (κ2) is 6.06. The van der Waals surface area contributed by atoms with Crippen LogP contribution < -0.4 is 4.74 Å². The number of ether oxygens (including phenoxy) is 1. The van der Waals surface area contributed by atoms with Crippen LogP contribution in [0.1, 0.15) is 12.5 Å². The lowest BCUT2D eigenvalue weighted by Crippen LogP contribution is -2.23. The zero-order chi connectivity index (χ0) is 13.8. The molecule has 0 saturated carbocycles. The van der Waals surface area contributed by atoms with E-state index >= 15 is 0 Å². The van der Waals surface area contributed by atoms with Gasteiger partial charge in [-0.2, -0.15) is 0 Å². The van der Waals surface area contributed by atoms with Crippen molar-refractivity contribution in [2.45, 2.75) is 25.8 Å². The maximum atomic E-state index is 12.0. The number of hydrogen-bond acceptors (Lipinski definition) is 3. The molecular weight excluding hydrogens is 249 g/mol. The Morgan fingerprint density at radius 3 is 2.50 bits per heavy atom. The summed E-state index contributed by atoms with van der Waals surface area (Å²) in [5.74, 6) is -0.714. The number of alkyl halides is 3. The highest BCUT2D eigenvalue weighted by molar-refractivity contribution is 5.29. The molecule has 0 amide bonds. The minimum Gasteiger partial charge on any atom is -0.406 e. The SMILES string of the molecule is CC(O)C(CO)Cc1cccc(OC(F)(F)F)c1. The zero-order valence-corrected chi connectivity index (χ0v) is 9.81. The Bertz CT molecular complexity index is 377. The van der Waals surface area contributed by atoms with E-state index in [1.54, 1.807) is 6.07 Å². The number of aliphatic hydroxyl groups excluding tert-OH is 2. The Hall–Kier alpha value is -1.27. The molecule has 3 nitrogen and oxygen atoms in total. The average Bonchev–Trinajstić information content (AvgIpc) is 2.23. The standard InChI is InChI=1S/C12H15F3O3/c1-8(17)10(7-16)5-9-3-2-4-11(6-9)18-12(13,14)15/h2-4,6,8,10,16-17H,5,7H2,1H3. The Balaban J connectivity index is 2.76. The molecule has 1 rings (SSSR count). The molecule has 6 heteroatoms. The number of rotatable bonds is 5. The highest BCUT2D eigenvalue weighted by Crippen LogP contribution is 2.24. The van der Waals surface area contributed by atoms with Gasteiger partial charge >= 0.3 is 6.36 Å². The minimum atomic E-state index is -4.72. The topological polar surface area (TPSA) is 49.7 Å². The molecule has 0 spiro atoms. The largest absolute Gasteiger partial charge is 0.573 e. The van der Waals surface area contributed by atoms with E-state index in [0.717, 1.165) is 0 Å². The molecule has 1 aromatic rings. The molecule has 0 aromatic heterocycles. The highest BCUT2D eigenvalue weighted by atomic mass is 19.4. The molecule has 2 unspecified atom stereocenters. The summed E-state index contributed by atoms with van der Waals surface area (Å²) in [6.07, 6.45) is -5.18. The molecule has 0 saturated heterocycles. The van der Waals surface area contributed by atoms with Crippen molar-refractivity contribution in [3.63, 3.8) is 0 Å². The summed E-state index contributed by atoms with van der Waals surface area (Å²) in [6.45, 7) is 1.29. The first kappa shape index (κ1) is 14.8. The summed E-state index contributed by atoms with van der Waals surface area (Å²) in [5.41, 5.74) is 0.566.